The van der Waals surface area contributed by atoms with Crippen LogP contribution in [0.1, 0.15) is 465 Å². The Morgan fingerprint density at radius 2 is 0.157 bits per heavy atom. The van der Waals surface area contributed by atoms with Crippen molar-refractivity contribution in [3.05, 3.63) is 0 Å². The summed E-state index contributed by atoms with van der Waals surface area (Å²) in [5.41, 5.74) is 5.26. The lowest BCUT2D eigenvalue weighted by atomic mass is 9.73. The molecule has 12 saturated carbocycles. The van der Waals surface area contributed by atoms with Crippen molar-refractivity contribution in [2.45, 2.75) is 465 Å². The summed E-state index contributed by atoms with van der Waals surface area (Å²) in [4.78, 5) is 0. The second kappa shape index (κ2) is 47.0. The third-order valence-electron chi connectivity index (χ3n) is 21.2. The van der Waals surface area contributed by atoms with E-state index >= 15 is 0 Å². The van der Waals surface area contributed by atoms with Gasteiger partial charge in [-0.05, 0) is 222 Å². The van der Waals surface area contributed by atoms with Crippen molar-refractivity contribution in [1.29, 1.82) is 0 Å². The van der Waals surface area contributed by atoms with Crippen LogP contribution in [0.2, 0.25) is 0 Å². The van der Waals surface area contributed by atoms with Crippen molar-refractivity contribution in [2.75, 3.05) is 0 Å². The third-order valence-corrected chi connectivity index (χ3v) is 21.2. The van der Waals surface area contributed by atoms with E-state index in [2.05, 4.69) is 125 Å². The van der Waals surface area contributed by atoms with Gasteiger partial charge in [0.05, 0.1) is 0 Å². The van der Waals surface area contributed by atoms with Gasteiger partial charge in [-0.25, -0.2) is 0 Å². The first-order chi connectivity index (χ1) is 39.4. The summed E-state index contributed by atoms with van der Waals surface area (Å²) in [5, 5.41) is 0. The molecule has 6 spiro atoms. The zero-order chi connectivity index (χ0) is 61.9. The van der Waals surface area contributed by atoms with E-state index in [4.69, 9.17) is 0 Å². The third kappa shape index (κ3) is 41.1. The minimum absolute atomic E-state index is 0.833. The maximum Gasteiger partial charge on any atom is -0.0297 e. The molecule has 0 saturated heterocycles. The fourth-order valence-electron chi connectivity index (χ4n) is 17.4. The number of rotatable bonds is 0. The molecular formula is C83H166. The molecule has 0 nitrogen and oxygen atoms in total. The molecule has 12 rings (SSSR count). The second-order valence-corrected chi connectivity index (χ2v) is 35.6. The molecule has 12 aliphatic carbocycles. The SMILES string of the molecule is C1CCC2(C1)CCCC2.C1CCC2(CC1)CCCC2.C1CCC2(CC1)CCCC2.C1CCC2(CC1)CCCC2.C1CCC2(CC1)CCCC2.C1CCC2(CC1)CCCC2.CC(C)C.CC(C)C.CC(C)C.CC(C)C.CC(C)C.CC(C)C. The molecule has 0 amide bonds. The average molecular weight is 1160 g/mol. The van der Waals surface area contributed by atoms with E-state index < -0.39 is 0 Å². The smallest absolute Gasteiger partial charge is 0.0297 e. The summed E-state index contributed by atoms with van der Waals surface area (Å²) in [6, 6.07) is 0. The lowest BCUT2D eigenvalue weighted by Gasteiger charge is -2.32. The Kier molecular flexibility index (Phi) is 45.9. The Labute approximate surface area is 530 Å². The Bertz CT molecular complexity index is 1080. The maximum absolute atomic E-state index is 2.17. The van der Waals surface area contributed by atoms with Crippen LogP contribution in [0.3, 0.4) is 0 Å². The van der Waals surface area contributed by atoms with Gasteiger partial charge in [0, 0.05) is 0 Å². The Morgan fingerprint density at radius 3 is 0.217 bits per heavy atom. The minimum atomic E-state index is 0.833. The molecule has 12 aliphatic rings. The summed E-state index contributed by atoms with van der Waals surface area (Å²) >= 11 is 0. The molecular weight excluding hydrogens is 997 g/mol. The lowest BCUT2D eigenvalue weighted by molar-refractivity contribution is 0.197. The monoisotopic (exact) mass is 1160 g/mol. The van der Waals surface area contributed by atoms with Crippen LogP contribution in [0.4, 0.5) is 0 Å². The fraction of sp³-hybridized carbons (Fsp3) is 1.00. The lowest BCUT2D eigenvalue weighted by Crippen LogP contribution is -2.19. The van der Waals surface area contributed by atoms with E-state index in [1.807, 2.05) is 0 Å². The van der Waals surface area contributed by atoms with Gasteiger partial charge in [0.1, 0.15) is 0 Å². The van der Waals surface area contributed by atoms with Crippen molar-refractivity contribution in [3.63, 3.8) is 0 Å². The van der Waals surface area contributed by atoms with Gasteiger partial charge in [-0.2, -0.15) is 0 Å². The van der Waals surface area contributed by atoms with Gasteiger partial charge in [-0.15, -0.1) is 0 Å². The zero-order valence-corrected chi connectivity index (χ0v) is 61.9. The van der Waals surface area contributed by atoms with Crippen LogP contribution in [0, 0.1) is 68.0 Å². The predicted molar refractivity (Wildman–Crippen MR) is 382 cm³/mol. The highest BCUT2D eigenvalue weighted by atomic mass is 14.4. The zero-order valence-electron chi connectivity index (χ0n) is 61.9. The van der Waals surface area contributed by atoms with Crippen molar-refractivity contribution < 1.29 is 0 Å². The number of hydrogen-bond donors (Lipinski definition) is 0. The predicted octanol–water partition coefficient (Wildman–Crippen LogP) is 30.6. The van der Waals surface area contributed by atoms with Gasteiger partial charge in [0.15, 0.2) is 0 Å². The van der Waals surface area contributed by atoms with Gasteiger partial charge in [0.2, 0.25) is 0 Å². The van der Waals surface area contributed by atoms with Gasteiger partial charge in [-0.3, -0.25) is 0 Å². The summed E-state index contributed by atoms with van der Waals surface area (Å²) < 4.78 is 0. The molecule has 0 radical (unpaired) electrons. The normalized spacial score (nSPS) is 24.9. The molecule has 0 aromatic rings. The largest absolute Gasteiger partial charge is 0.0630 e. The van der Waals surface area contributed by atoms with E-state index in [-0.39, 0.29) is 0 Å². The minimum Gasteiger partial charge on any atom is -0.0630 e. The summed E-state index contributed by atoms with van der Waals surface area (Å²) in [5.74, 6) is 5.00. The molecule has 498 valence electrons. The molecule has 0 atom stereocenters. The molecule has 0 bridgehead atoms. The van der Waals surface area contributed by atoms with Crippen molar-refractivity contribution in [1.82, 2.24) is 0 Å². The maximum atomic E-state index is 2.17. The van der Waals surface area contributed by atoms with Gasteiger partial charge < -0.3 is 0 Å². The highest BCUT2D eigenvalue weighted by Gasteiger charge is 2.39. The average Bonchev–Trinajstić information content (AvgIpc) is 4.37. The standard InChI is InChI=1S/5C10H18.C9H16.6C4H10/c5*1-2-6-10(7-3-1)8-4-5-9-10;1-2-6-9(5-1)7-3-4-8-9;6*1-4(2)3/h5*1-9H2;1-8H2;6*4H,1-3H3. The molecule has 0 N–H and O–H groups in total. The first-order valence-corrected chi connectivity index (χ1v) is 39.4. The van der Waals surface area contributed by atoms with Crippen molar-refractivity contribution in [2.24, 2.45) is 68.0 Å². The Morgan fingerprint density at radius 1 is 0.108 bits per heavy atom. The van der Waals surface area contributed by atoms with Crippen LogP contribution < -0.4 is 0 Å². The highest BCUT2D eigenvalue weighted by molar-refractivity contribution is 4.91. The van der Waals surface area contributed by atoms with Crippen LogP contribution in [0.15, 0.2) is 0 Å². The number of hydrogen-bond acceptors (Lipinski definition) is 0. The molecule has 0 heterocycles. The molecule has 0 aromatic heterocycles. The van der Waals surface area contributed by atoms with E-state index in [9.17, 15) is 0 Å². The van der Waals surface area contributed by atoms with E-state index in [1.165, 1.54) is 186 Å². The molecule has 0 unspecified atom stereocenters. The molecule has 12 fully saturated rings. The van der Waals surface area contributed by atoms with Crippen LogP contribution in [0.5, 0.6) is 0 Å². The summed E-state index contributed by atoms with van der Waals surface area (Å²) in [6.07, 6.45) is 81.7. The van der Waals surface area contributed by atoms with Gasteiger partial charge in [-0.1, -0.05) is 311 Å². The molecule has 0 aliphatic heterocycles. The fourth-order valence-corrected chi connectivity index (χ4v) is 17.4. The first-order valence-electron chi connectivity index (χ1n) is 39.4. The topological polar surface area (TPSA) is 0 Å². The molecule has 83 heavy (non-hydrogen) atoms. The molecule has 0 heteroatoms. The van der Waals surface area contributed by atoms with Crippen LogP contribution in [0.25, 0.3) is 0 Å². The Hall–Kier alpha value is 0. The molecule has 0 aromatic carbocycles. The van der Waals surface area contributed by atoms with Crippen molar-refractivity contribution >= 4 is 0 Å². The second-order valence-electron chi connectivity index (χ2n) is 35.6. The van der Waals surface area contributed by atoms with Crippen LogP contribution in [-0.2, 0) is 0 Å². The van der Waals surface area contributed by atoms with Gasteiger partial charge in [0.25, 0.3) is 0 Å². The van der Waals surface area contributed by atoms with Crippen molar-refractivity contribution in [3.8, 4) is 0 Å². The Balaban J connectivity index is 0.000000463. The van der Waals surface area contributed by atoms with Gasteiger partial charge >= 0.3 is 0 Å². The van der Waals surface area contributed by atoms with Crippen LogP contribution in [-0.4, -0.2) is 0 Å². The first kappa shape index (κ1) is 81.0. The van der Waals surface area contributed by atoms with E-state index in [0.717, 1.165) is 68.0 Å². The highest BCUT2D eigenvalue weighted by Crippen LogP contribution is 2.53. The summed E-state index contributed by atoms with van der Waals surface area (Å²) in [6.45, 7) is 39.0. The quantitative estimate of drug-likeness (QED) is 0.227. The van der Waals surface area contributed by atoms with Crippen LogP contribution >= 0.6 is 0 Å². The van der Waals surface area contributed by atoms with E-state index in [1.54, 1.807) is 154 Å². The van der Waals surface area contributed by atoms with E-state index in [0.29, 0.717) is 0 Å². The summed E-state index contributed by atoms with van der Waals surface area (Å²) in [7, 11) is 0.